The SMILES string of the molecule is Cc1cc(N(C)N=Cc2cccnc2)nc(-c2ccccc2O)n1. The van der Waals surface area contributed by atoms with Crippen LogP contribution >= 0.6 is 0 Å². The van der Waals surface area contributed by atoms with Gasteiger partial charge in [0, 0.05) is 36.8 Å². The number of anilines is 1. The molecule has 0 saturated carbocycles. The lowest BCUT2D eigenvalue weighted by Crippen LogP contribution is -2.12. The molecule has 1 N–H and O–H groups in total. The van der Waals surface area contributed by atoms with E-state index in [1.165, 1.54) is 0 Å². The Balaban J connectivity index is 1.91. The molecule has 0 spiro atoms. The van der Waals surface area contributed by atoms with Crippen LogP contribution in [0.2, 0.25) is 0 Å². The molecule has 0 fully saturated rings. The van der Waals surface area contributed by atoms with Crippen LogP contribution in [0.1, 0.15) is 11.3 Å². The Hall–Kier alpha value is -3.28. The van der Waals surface area contributed by atoms with Gasteiger partial charge >= 0.3 is 0 Å². The maximum absolute atomic E-state index is 10.0. The van der Waals surface area contributed by atoms with Crippen LogP contribution in [-0.4, -0.2) is 33.3 Å². The minimum atomic E-state index is 0.149. The first kappa shape index (κ1) is 15.6. The van der Waals surface area contributed by atoms with E-state index in [9.17, 15) is 5.11 Å². The number of hydrogen-bond acceptors (Lipinski definition) is 6. The van der Waals surface area contributed by atoms with Crippen LogP contribution < -0.4 is 5.01 Å². The normalized spacial score (nSPS) is 10.9. The lowest BCUT2D eigenvalue weighted by atomic mass is 10.2. The summed E-state index contributed by atoms with van der Waals surface area (Å²) in [6, 6.07) is 12.6. The summed E-state index contributed by atoms with van der Waals surface area (Å²) in [5, 5.41) is 16.0. The highest BCUT2D eigenvalue weighted by atomic mass is 16.3. The molecule has 0 amide bonds. The number of rotatable bonds is 4. The average Bonchev–Trinajstić information content (AvgIpc) is 2.60. The van der Waals surface area contributed by atoms with Crippen LogP contribution in [-0.2, 0) is 0 Å². The second kappa shape index (κ2) is 6.87. The molecule has 2 aromatic heterocycles. The zero-order valence-electron chi connectivity index (χ0n) is 13.5. The predicted molar refractivity (Wildman–Crippen MR) is 94.1 cm³/mol. The van der Waals surface area contributed by atoms with Crippen molar-refractivity contribution in [3.63, 3.8) is 0 Å². The van der Waals surface area contributed by atoms with Gasteiger partial charge in [0.15, 0.2) is 11.6 Å². The number of phenolic OH excluding ortho intramolecular Hbond substituents is 1. The zero-order chi connectivity index (χ0) is 16.9. The first-order valence-corrected chi connectivity index (χ1v) is 7.45. The van der Waals surface area contributed by atoms with Gasteiger partial charge in [-0.15, -0.1) is 0 Å². The minimum absolute atomic E-state index is 0.149. The molecule has 0 saturated heterocycles. The predicted octanol–water partition coefficient (Wildman–Crippen LogP) is 3.02. The monoisotopic (exact) mass is 319 g/mol. The number of nitrogens with zero attached hydrogens (tertiary/aromatic N) is 5. The number of hydrazone groups is 1. The van der Waals surface area contributed by atoms with Crippen LogP contribution in [0.25, 0.3) is 11.4 Å². The summed E-state index contributed by atoms with van der Waals surface area (Å²) in [4.78, 5) is 13.0. The number of aromatic hydroxyl groups is 1. The van der Waals surface area contributed by atoms with E-state index in [1.807, 2.05) is 38.2 Å². The molecule has 24 heavy (non-hydrogen) atoms. The fraction of sp³-hybridized carbons (Fsp3) is 0.111. The maximum Gasteiger partial charge on any atom is 0.165 e. The number of aromatic nitrogens is 3. The molecule has 2 heterocycles. The van der Waals surface area contributed by atoms with E-state index in [1.54, 1.807) is 41.8 Å². The van der Waals surface area contributed by atoms with Gasteiger partial charge in [-0.1, -0.05) is 18.2 Å². The first-order chi connectivity index (χ1) is 11.6. The van der Waals surface area contributed by atoms with Crippen LogP contribution in [0, 0.1) is 6.92 Å². The highest BCUT2D eigenvalue weighted by molar-refractivity contribution is 5.79. The molecule has 6 nitrogen and oxygen atoms in total. The lowest BCUT2D eigenvalue weighted by molar-refractivity contribution is 0.477. The quantitative estimate of drug-likeness (QED) is 0.591. The molecule has 6 heteroatoms. The summed E-state index contributed by atoms with van der Waals surface area (Å²) in [6.45, 7) is 1.88. The van der Waals surface area contributed by atoms with Gasteiger partial charge in [-0.2, -0.15) is 5.10 Å². The average molecular weight is 319 g/mol. The minimum Gasteiger partial charge on any atom is -0.507 e. The fourth-order valence-electron chi connectivity index (χ4n) is 2.17. The van der Waals surface area contributed by atoms with Gasteiger partial charge in [-0.05, 0) is 25.1 Å². The van der Waals surface area contributed by atoms with Gasteiger partial charge in [-0.3, -0.25) is 9.99 Å². The third-order valence-corrected chi connectivity index (χ3v) is 3.38. The van der Waals surface area contributed by atoms with Gasteiger partial charge < -0.3 is 5.11 Å². The van der Waals surface area contributed by atoms with E-state index >= 15 is 0 Å². The van der Waals surface area contributed by atoms with Crippen LogP contribution in [0.15, 0.2) is 60.0 Å². The highest BCUT2D eigenvalue weighted by Crippen LogP contribution is 2.27. The van der Waals surface area contributed by atoms with Gasteiger partial charge in [0.1, 0.15) is 5.75 Å². The van der Waals surface area contributed by atoms with Crippen LogP contribution in [0.4, 0.5) is 5.82 Å². The number of aryl methyl sites for hydroxylation is 1. The van der Waals surface area contributed by atoms with E-state index in [4.69, 9.17) is 0 Å². The number of pyridine rings is 1. The van der Waals surface area contributed by atoms with Crippen LogP contribution in [0.3, 0.4) is 0 Å². The van der Waals surface area contributed by atoms with E-state index < -0.39 is 0 Å². The molecule has 0 aliphatic carbocycles. The molecule has 0 aliphatic rings. The van der Waals surface area contributed by atoms with Gasteiger partial charge in [-0.25, -0.2) is 9.97 Å². The smallest absolute Gasteiger partial charge is 0.165 e. The molecule has 0 radical (unpaired) electrons. The fourth-order valence-corrected chi connectivity index (χ4v) is 2.17. The van der Waals surface area contributed by atoms with Crippen molar-refractivity contribution in [2.24, 2.45) is 5.10 Å². The summed E-state index contributed by atoms with van der Waals surface area (Å²) in [6.07, 6.45) is 5.16. The van der Waals surface area contributed by atoms with Gasteiger partial charge in [0.25, 0.3) is 0 Å². The van der Waals surface area contributed by atoms with Crippen molar-refractivity contribution in [2.45, 2.75) is 6.92 Å². The van der Waals surface area contributed by atoms with Crippen molar-refractivity contribution in [2.75, 3.05) is 12.1 Å². The second-order valence-electron chi connectivity index (χ2n) is 5.26. The summed E-state index contributed by atoms with van der Waals surface area (Å²) >= 11 is 0. The third kappa shape index (κ3) is 3.55. The van der Waals surface area contributed by atoms with Crippen molar-refractivity contribution in [3.8, 4) is 17.1 Å². The molecule has 0 aliphatic heterocycles. The van der Waals surface area contributed by atoms with E-state index in [0.717, 1.165) is 11.3 Å². The topological polar surface area (TPSA) is 74.5 Å². The van der Waals surface area contributed by atoms with Crippen LogP contribution in [0.5, 0.6) is 5.75 Å². The Morgan fingerprint density at radius 3 is 2.71 bits per heavy atom. The molecular formula is C18H17N5O. The molecule has 0 unspecified atom stereocenters. The summed E-state index contributed by atoms with van der Waals surface area (Å²) < 4.78 is 0. The Morgan fingerprint density at radius 2 is 1.96 bits per heavy atom. The first-order valence-electron chi connectivity index (χ1n) is 7.45. The molecule has 0 atom stereocenters. The summed E-state index contributed by atoms with van der Waals surface area (Å²) in [5.41, 5.74) is 2.28. The number of hydrogen-bond donors (Lipinski definition) is 1. The lowest BCUT2D eigenvalue weighted by Gasteiger charge is -2.14. The Kier molecular flexibility index (Phi) is 4.47. The van der Waals surface area contributed by atoms with Crippen molar-refractivity contribution in [1.29, 1.82) is 0 Å². The molecule has 0 bridgehead atoms. The van der Waals surface area contributed by atoms with E-state index in [0.29, 0.717) is 17.2 Å². The molecular weight excluding hydrogens is 302 g/mol. The summed E-state index contributed by atoms with van der Waals surface area (Å²) in [7, 11) is 1.81. The molecule has 3 aromatic rings. The highest BCUT2D eigenvalue weighted by Gasteiger charge is 2.10. The van der Waals surface area contributed by atoms with Gasteiger partial charge in [0.05, 0.1) is 11.8 Å². The largest absolute Gasteiger partial charge is 0.507 e. The van der Waals surface area contributed by atoms with Crippen molar-refractivity contribution in [3.05, 3.63) is 66.1 Å². The van der Waals surface area contributed by atoms with Crippen molar-refractivity contribution >= 4 is 12.0 Å². The number of para-hydroxylation sites is 1. The molecule has 120 valence electrons. The molecule has 1 aromatic carbocycles. The maximum atomic E-state index is 10.0. The zero-order valence-corrected chi connectivity index (χ0v) is 13.5. The van der Waals surface area contributed by atoms with Crippen molar-refractivity contribution < 1.29 is 5.11 Å². The Morgan fingerprint density at radius 1 is 1.12 bits per heavy atom. The van der Waals surface area contributed by atoms with E-state index in [-0.39, 0.29) is 5.75 Å². The third-order valence-electron chi connectivity index (χ3n) is 3.38. The van der Waals surface area contributed by atoms with Crippen molar-refractivity contribution in [1.82, 2.24) is 15.0 Å². The van der Waals surface area contributed by atoms with E-state index in [2.05, 4.69) is 20.1 Å². The number of benzene rings is 1. The standard InChI is InChI=1S/C18H17N5O/c1-13-10-17(23(2)20-12-14-6-5-9-19-11-14)22-18(21-13)15-7-3-4-8-16(15)24/h3-12,24H,1-2H3. The number of phenols is 1. The van der Waals surface area contributed by atoms with Gasteiger partial charge in [0.2, 0.25) is 0 Å². The Bertz CT molecular complexity index is 864. The summed E-state index contributed by atoms with van der Waals surface area (Å²) in [5.74, 6) is 1.25. The second-order valence-corrected chi connectivity index (χ2v) is 5.26. The Labute approximate surface area is 140 Å². The molecule has 3 rings (SSSR count).